The van der Waals surface area contributed by atoms with Gasteiger partial charge in [0.1, 0.15) is 0 Å². The monoisotopic (exact) mass is 291 g/mol. The molecule has 0 aromatic heterocycles. The Balaban J connectivity index is 2.50. The molecule has 0 bridgehead atoms. The lowest BCUT2D eigenvalue weighted by molar-refractivity contribution is 0.0794. The first kappa shape index (κ1) is 12.8. The predicted octanol–water partition coefficient (Wildman–Crippen LogP) is 2.13. The number of rotatable bonds is 5. The summed E-state index contributed by atoms with van der Waals surface area (Å²) in [5.74, 6) is 0.583. The minimum atomic E-state index is -0.456. The van der Waals surface area contributed by atoms with Crippen LogP contribution in [0.2, 0.25) is 0 Å². The molecule has 1 aromatic carbocycles. The van der Waals surface area contributed by atoms with Crippen molar-refractivity contribution in [1.29, 1.82) is 0 Å². The molecule has 0 amide bonds. The van der Waals surface area contributed by atoms with E-state index in [0.717, 1.165) is 15.1 Å². The molecule has 0 radical (unpaired) electrons. The van der Waals surface area contributed by atoms with Crippen LogP contribution in [0.5, 0.6) is 0 Å². The summed E-state index contributed by atoms with van der Waals surface area (Å²) < 4.78 is 5.80. The average Bonchev–Trinajstić information content (AvgIpc) is 2.17. The molecule has 0 aliphatic rings. The molecule has 1 atom stereocenters. The van der Waals surface area contributed by atoms with E-state index in [-0.39, 0.29) is 0 Å². The fourth-order valence-electron chi connectivity index (χ4n) is 1.08. The number of nitrogens with two attached hydrogens (primary N) is 1. The van der Waals surface area contributed by atoms with Gasteiger partial charge in [0.05, 0.1) is 12.7 Å². The SMILES string of the molecule is COCC(O)CSc1ccc(Br)cc1N. The highest BCUT2D eigenvalue weighted by molar-refractivity contribution is 9.10. The predicted molar refractivity (Wildman–Crippen MR) is 67.2 cm³/mol. The summed E-state index contributed by atoms with van der Waals surface area (Å²) in [6.45, 7) is 0.351. The van der Waals surface area contributed by atoms with Crippen molar-refractivity contribution in [2.75, 3.05) is 25.2 Å². The number of anilines is 1. The minimum absolute atomic E-state index is 0.351. The number of halogens is 1. The number of benzene rings is 1. The smallest absolute Gasteiger partial charge is 0.0867 e. The fraction of sp³-hybridized carbons (Fsp3) is 0.400. The Morgan fingerprint density at radius 2 is 2.33 bits per heavy atom. The highest BCUT2D eigenvalue weighted by Gasteiger charge is 2.06. The average molecular weight is 292 g/mol. The van der Waals surface area contributed by atoms with Gasteiger partial charge in [0.15, 0.2) is 0 Å². The van der Waals surface area contributed by atoms with Crippen LogP contribution in [0.15, 0.2) is 27.6 Å². The van der Waals surface area contributed by atoms with E-state index in [4.69, 9.17) is 10.5 Å². The molecule has 0 spiro atoms. The highest BCUT2D eigenvalue weighted by atomic mass is 79.9. The Morgan fingerprint density at radius 3 is 2.93 bits per heavy atom. The van der Waals surface area contributed by atoms with Crippen LogP contribution >= 0.6 is 27.7 Å². The van der Waals surface area contributed by atoms with Gasteiger partial charge in [0, 0.05) is 27.9 Å². The maximum atomic E-state index is 9.46. The highest BCUT2D eigenvalue weighted by Crippen LogP contribution is 2.28. The molecule has 1 unspecified atom stereocenters. The fourth-order valence-corrected chi connectivity index (χ4v) is 2.31. The summed E-state index contributed by atoms with van der Waals surface area (Å²) in [6, 6.07) is 5.72. The van der Waals surface area contributed by atoms with Gasteiger partial charge in [-0.15, -0.1) is 11.8 Å². The van der Waals surface area contributed by atoms with Gasteiger partial charge >= 0.3 is 0 Å². The van der Waals surface area contributed by atoms with E-state index in [0.29, 0.717) is 12.4 Å². The second-order valence-corrected chi connectivity index (χ2v) is 5.08. The normalized spacial score (nSPS) is 12.7. The summed E-state index contributed by atoms with van der Waals surface area (Å²) in [6.07, 6.45) is -0.456. The number of aliphatic hydroxyl groups is 1. The van der Waals surface area contributed by atoms with E-state index in [1.54, 1.807) is 7.11 Å². The van der Waals surface area contributed by atoms with Crippen LogP contribution in [0.1, 0.15) is 0 Å². The zero-order chi connectivity index (χ0) is 11.3. The Labute approximate surface area is 102 Å². The van der Waals surface area contributed by atoms with E-state index in [2.05, 4.69) is 15.9 Å². The van der Waals surface area contributed by atoms with E-state index in [1.807, 2.05) is 18.2 Å². The van der Waals surface area contributed by atoms with Gasteiger partial charge in [-0.25, -0.2) is 0 Å². The maximum absolute atomic E-state index is 9.46. The molecule has 15 heavy (non-hydrogen) atoms. The molecule has 0 aliphatic heterocycles. The van der Waals surface area contributed by atoms with Crippen molar-refractivity contribution in [2.45, 2.75) is 11.0 Å². The van der Waals surface area contributed by atoms with Crippen LogP contribution in [0.3, 0.4) is 0 Å². The van der Waals surface area contributed by atoms with Crippen LogP contribution in [0, 0.1) is 0 Å². The van der Waals surface area contributed by atoms with E-state index < -0.39 is 6.10 Å². The van der Waals surface area contributed by atoms with E-state index in [1.165, 1.54) is 11.8 Å². The van der Waals surface area contributed by atoms with E-state index >= 15 is 0 Å². The van der Waals surface area contributed by atoms with Crippen molar-refractivity contribution in [3.63, 3.8) is 0 Å². The van der Waals surface area contributed by atoms with Crippen LogP contribution in [0.4, 0.5) is 5.69 Å². The summed E-state index contributed by atoms with van der Waals surface area (Å²) >= 11 is 4.87. The van der Waals surface area contributed by atoms with Gasteiger partial charge < -0.3 is 15.6 Å². The molecular weight excluding hydrogens is 278 g/mol. The Kier molecular flexibility index (Phi) is 5.45. The number of hydrogen-bond acceptors (Lipinski definition) is 4. The van der Waals surface area contributed by atoms with Gasteiger partial charge in [-0.3, -0.25) is 0 Å². The Morgan fingerprint density at radius 1 is 1.60 bits per heavy atom. The maximum Gasteiger partial charge on any atom is 0.0867 e. The molecule has 0 fully saturated rings. The van der Waals surface area contributed by atoms with Crippen molar-refractivity contribution in [2.24, 2.45) is 0 Å². The Hall–Kier alpha value is -0.230. The third kappa shape index (κ3) is 4.42. The molecule has 3 nitrogen and oxygen atoms in total. The van der Waals surface area contributed by atoms with Crippen molar-refractivity contribution in [3.8, 4) is 0 Å². The summed E-state index contributed by atoms with van der Waals surface area (Å²) in [4.78, 5) is 0.980. The molecule has 0 aliphatic carbocycles. The molecule has 84 valence electrons. The number of methoxy groups -OCH3 is 1. The van der Waals surface area contributed by atoms with Crippen molar-refractivity contribution in [1.82, 2.24) is 0 Å². The molecular formula is C10H14BrNO2S. The zero-order valence-corrected chi connectivity index (χ0v) is 10.8. The number of ether oxygens (including phenoxy) is 1. The standard InChI is InChI=1S/C10H14BrNO2S/c1-14-5-8(13)6-15-10-3-2-7(11)4-9(10)12/h2-4,8,13H,5-6,12H2,1H3. The number of hydrogen-bond donors (Lipinski definition) is 2. The number of thioether (sulfide) groups is 1. The van der Waals surface area contributed by atoms with Gasteiger partial charge in [-0.05, 0) is 18.2 Å². The molecule has 0 heterocycles. The van der Waals surface area contributed by atoms with Crippen LogP contribution in [-0.2, 0) is 4.74 Å². The lowest BCUT2D eigenvalue weighted by Gasteiger charge is -2.10. The second kappa shape index (κ2) is 6.37. The summed E-state index contributed by atoms with van der Waals surface area (Å²) in [5, 5.41) is 9.46. The second-order valence-electron chi connectivity index (χ2n) is 3.10. The first-order valence-corrected chi connectivity index (χ1v) is 6.26. The largest absolute Gasteiger partial charge is 0.398 e. The quantitative estimate of drug-likeness (QED) is 0.645. The number of nitrogen functional groups attached to an aromatic ring is 1. The minimum Gasteiger partial charge on any atom is -0.398 e. The summed E-state index contributed by atoms with van der Waals surface area (Å²) in [7, 11) is 1.57. The van der Waals surface area contributed by atoms with Crippen molar-refractivity contribution < 1.29 is 9.84 Å². The Bertz CT molecular complexity index is 322. The van der Waals surface area contributed by atoms with Gasteiger partial charge in [0.2, 0.25) is 0 Å². The van der Waals surface area contributed by atoms with Gasteiger partial charge in [-0.2, -0.15) is 0 Å². The zero-order valence-electron chi connectivity index (χ0n) is 8.44. The lowest BCUT2D eigenvalue weighted by atomic mass is 10.3. The molecule has 0 saturated heterocycles. The van der Waals surface area contributed by atoms with Crippen molar-refractivity contribution >= 4 is 33.4 Å². The van der Waals surface area contributed by atoms with E-state index in [9.17, 15) is 5.11 Å². The molecule has 1 aromatic rings. The molecule has 3 N–H and O–H groups in total. The van der Waals surface area contributed by atoms with Gasteiger partial charge in [0.25, 0.3) is 0 Å². The topological polar surface area (TPSA) is 55.5 Å². The number of aliphatic hydroxyl groups excluding tert-OH is 1. The summed E-state index contributed by atoms with van der Waals surface area (Å²) in [5.41, 5.74) is 6.54. The lowest BCUT2D eigenvalue weighted by Crippen LogP contribution is -2.16. The molecule has 1 rings (SSSR count). The van der Waals surface area contributed by atoms with Crippen LogP contribution < -0.4 is 5.73 Å². The van der Waals surface area contributed by atoms with Crippen LogP contribution in [-0.4, -0.2) is 30.7 Å². The first-order chi connectivity index (χ1) is 7.13. The first-order valence-electron chi connectivity index (χ1n) is 4.48. The van der Waals surface area contributed by atoms with Crippen LogP contribution in [0.25, 0.3) is 0 Å². The third-order valence-electron chi connectivity index (χ3n) is 1.76. The third-order valence-corrected chi connectivity index (χ3v) is 3.49. The molecule has 5 heteroatoms. The van der Waals surface area contributed by atoms with Crippen molar-refractivity contribution in [3.05, 3.63) is 22.7 Å². The molecule has 0 saturated carbocycles. The van der Waals surface area contributed by atoms with Gasteiger partial charge in [-0.1, -0.05) is 15.9 Å².